The number of hydrogen-bond acceptors (Lipinski definition) is 2. The summed E-state index contributed by atoms with van der Waals surface area (Å²) in [6.45, 7) is 5.36. The second-order valence-electron chi connectivity index (χ2n) is 4.75. The highest BCUT2D eigenvalue weighted by atomic mass is 19.1. The molecule has 0 aliphatic carbocycles. The van der Waals surface area contributed by atoms with Crippen molar-refractivity contribution < 1.29 is 9.18 Å². The van der Waals surface area contributed by atoms with Crippen LogP contribution in [0.25, 0.3) is 0 Å². The molecule has 0 saturated carbocycles. The second kappa shape index (κ2) is 8.64. The molecule has 0 spiro atoms. The monoisotopic (exact) mass is 266 g/mol. The molecule has 3 nitrogen and oxygen atoms in total. The smallest absolute Gasteiger partial charge is 0.221 e. The molecule has 1 atom stereocenters. The van der Waals surface area contributed by atoms with Gasteiger partial charge in [0, 0.05) is 25.6 Å². The molecule has 0 saturated heterocycles. The first kappa shape index (κ1) is 15.6. The lowest BCUT2D eigenvalue weighted by Gasteiger charge is -2.14. The summed E-state index contributed by atoms with van der Waals surface area (Å²) < 4.78 is 13.4. The number of rotatable bonds is 8. The summed E-state index contributed by atoms with van der Waals surface area (Å²) in [5.74, 6) is -0.107. The zero-order valence-electron chi connectivity index (χ0n) is 11.7. The predicted octanol–water partition coefficient (Wildman–Crippen LogP) is 2.26. The SMILES string of the molecule is CCCNC(=O)CCNC(C)Cc1ccccc1F. The quantitative estimate of drug-likeness (QED) is 0.758. The molecule has 106 valence electrons. The molecule has 0 bridgehead atoms. The number of halogens is 1. The van der Waals surface area contributed by atoms with E-state index in [2.05, 4.69) is 10.6 Å². The number of carbonyl (C=O) groups is 1. The third kappa shape index (κ3) is 6.34. The molecule has 2 N–H and O–H groups in total. The summed E-state index contributed by atoms with van der Waals surface area (Å²) in [6.07, 6.45) is 2.04. The molecule has 1 unspecified atom stereocenters. The molecule has 0 aliphatic heterocycles. The summed E-state index contributed by atoms with van der Waals surface area (Å²) in [4.78, 5) is 11.4. The Morgan fingerprint density at radius 1 is 1.32 bits per heavy atom. The van der Waals surface area contributed by atoms with Gasteiger partial charge in [0.2, 0.25) is 5.91 Å². The van der Waals surface area contributed by atoms with Gasteiger partial charge in [-0.25, -0.2) is 4.39 Å². The van der Waals surface area contributed by atoms with Gasteiger partial charge in [0.05, 0.1) is 0 Å². The Morgan fingerprint density at radius 2 is 2.05 bits per heavy atom. The fraction of sp³-hybridized carbons (Fsp3) is 0.533. The Hall–Kier alpha value is -1.42. The molecular formula is C15H23FN2O. The van der Waals surface area contributed by atoms with Crippen LogP contribution in [0.3, 0.4) is 0 Å². The standard InChI is InChI=1S/C15H23FN2O/c1-3-9-18-15(19)8-10-17-12(2)11-13-6-4-5-7-14(13)16/h4-7,12,17H,3,8-11H2,1-2H3,(H,18,19). The van der Waals surface area contributed by atoms with Crippen molar-refractivity contribution in [2.75, 3.05) is 13.1 Å². The van der Waals surface area contributed by atoms with E-state index in [0.717, 1.165) is 13.0 Å². The van der Waals surface area contributed by atoms with E-state index in [-0.39, 0.29) is 17.8 Å². The van der Waals surface area contributed by atoms with Gasteiger partial charge in [0.25, 0.3) is 0 Å². The van der Waals surface area contributed by atoms with Gasteiger partial charge in [-0.1, -0.05) is 25.1 Å². The normalized spacial score (nSPS) is 12.2. The van der Waals surface area contributed by atoms with Crippen LogP contribution >= 0.6 is 0 Å². The van der Waals surface area contributed by atoms with Gasteiger partial charge >= 0.3 is 0 Å². The van der Waals surface area contributed by atoms with Crippen LogP contribution in [0.15, 0.2) is 24.3 Å². The highest BCUT2D eigenvalue weighted by Crippen LogP contribution is 2.08. The highest BCUT2D eigenvalue weighted by molar-refractivity contribution is 5.75. The van der Waals surface area contributed by atoms with Crippen LogP contribution in [0, 0.1) is 5.82 Å². The molecule has 19 heavy (non-hydrogen) atoms. The van der Waals surface area contributed by atoms with Gasteiger partial charge in [-0.2, -0.15) is 0 Å². The van der Waals surface area contributed by atoms with Crippen LogP contribution in [0.2, 0.25) is 0 Å². The lowest BCUT2D eigenvalue weighted by atomic mass is 10.1. The van der Waals surface area contributed by atoms with Gasteiger partial charge in [0.1, 0.15) is 5.82 Å². The van der Waals surface area contributed by atoms with Crippen molar-refractivity contribution in [3.05, 3.63) is 35.6 Å². The predicted molar refractivity (Wildman–Crippen MR) is 75.5 cm³/mol. The molecule has 0 aliphatic rings. The molecule has 1 amide bonds. The third-order valence-corrected chi connectivity index (χ3v) is 2.90. The topological polar surface area (TPSA) is 41.1 Å². The Labute approximate surface area is 114 Å². The van der Waals surface area contributed by atoms with E-state index in [1.54, 1.807) is 12.1 Å². The van der Waals surface area contributed by atoms with Crippen molar-refractivity contribution in [1.82, 2.24) is 10.6 Å². The molecule has 1 rings (SSSR count). The summed E-state index contributed by atoms with van der Waals surface area (Å²) >= 11 is 0. The molecule has 0 radical (unpaired) electrons. The molecule has 4 heteroatoms. The maximum atomic E-state index is 13.4. The second-order valence-corrected chi connectivity index (χ2v) is 4.75. The molecule has 0 fully saturated rings. The summed E-state index contributed by atoms with van der Waals surface area (Å²) in [5.41, 5.74) is 0.706. The van der Waals surface area contributed by atoms with Crippen molar-refractivity contribution >= 4 is 5.91 Å². The zero-order chi connectivity index (χ0) is 14.1. The zero-order valence-corrected chi connectivity index (χ0v) is 11.7. The number of carbonyl (C=O) groups excluding carboxylic acids is 1. The lowest BCUT2D eigenvalue weighted by Crippen LogP contribution is -2.33. The number of amides is 1. The summed E-state index contributed by atoms with van der Waals surface area (Å²) in [7, 11) is 0. The van der Waals surface area contributed by atoms with Gasteiger partial charge in [0.15, 0.2) is 0 Å². The molecule has 1 aromatic rings. The number of hydrogen-bond donors (Lipinski definition) is 2. The van der Waals surface area contributed by atoms with Crippen molar-refractivity contribution in [2.24, 2.45) is 0 Å². The van der Waals surface area contributed by atoms with Crippen molar-refractivity contribution in [3.8, 4) is 0 Å². The van der Waals surface area contributed by atoms with E-state index in [1.807, 2.05) is 19.9 Å². The first-order chi connectivity index (χ1) is 9.13. The molecule has 0 aromatic heterocycles. The Kier molecular flexibility index (Phi) is 7.11. The minimum Gasteiger partial charge on any atom is -0.356 e. The summed E-state index contributed by atoms with van der Waals surface area (Å²) in [6, 6.07) is 6.94. The fourth-order valence-electron chi connectivity index (χ4n) is 1.85. The summed E-state index contributed by atoms with van der Waals surface area (Å²) in [5, 5.41) is 6.06. The van der Waals surface area contributed by atoms with Crippen molar-refractivity contribution in [1.29, 1.82) is 0 Å². The van der Waals surface area contributed by atoms with E-state index in [4.69, 9.17) is 0 Å². The fourth-order valence-corrected chi connectivity index (χ4v) is 1.85. The maximum absolute atomic E-state index is 13.4. The van der Waals surface area contributed by atoms with E-state index in [9.17, 15) is 9.18 Å². The van der Waals surface area contributed by atoms with Crippen LogP contribution in [-0.4, -0.2) is 25.0 Å². The molecule has 1 aromatic carbocycles. The van der Waals surface area contributed by atoms with Crippen LogP contribution in [-0.2, 0) is 11.2 Å². The molecular weight excluding hydrogens is 243 g/mol. The van der Waals surface area contributed by atoms with E-state index >= 15 is 0 Å². The Bertz CT molecular complexity index is 395. The minimum atomic E-state index is -0.170. The van der Waals surface area contributed by atoms with E-state index in [1.165, 1.54) is 6.07 Å². The van der Waals surface area contributed by atoms with Crippen molar-refractivity contribution in [2.45, 2.75) is 39.2 Å². The minimum absolute atomic E-state index is 0.0624. The molecule has 0 heterocycles. The Morgan fingerprint density at radius 3 is 2.74 bits per heavy atom. The maximum Gasteiger partial charge on any atom is 0.221 e. The van der Waals surface area contributed by atoms with Crippen molar-refractivity contribution in [3.63, 3.8) is 0 Å². The van der Waals surface area contributed by atoms with Crippen LogP contribution in [0.1, 0.15) is 32.3 Å². The van der Waals surface area contributed by atoms with Gasteiger partial charge in [-0.05, 0) is 31.4 Å². The first-order valence-electron chi connectivity index (χ1n) is 6.87. The van der Waals surface area contributed by atoms with E-state index < -0.39 is 0 Å². The van der Waals surface area contributed by atoms with Gasteiger partial charge in [-0.3, -0.25) is 4.79 Å². The first-order valence-corrected chi connectivity index (χ1v) is 6.87. The third-order valence-electron chi connectivity index (χ3n) is 2.90. The highest BCUT2D eigenvalue weighted by Gasteiger charge is 2.07. The van der Waals surface area contributed by atoms with E-state index in [0.29, 0.717) is 24.9 Å². The largest absolute Gasteiger partial charge is 0.356 e. The average molecular weight is 266 g/mol. The van der Waals surface area contributed by atoms with Gasteiger partial charge < -0.3 is 10.6 Å². The Balaban J connectivity index is 2.23. The van der Waals surface area contributed by atoms with Gasteiger partial charge in [-0.15, -0.1) is 0 Å². The number of benzene rings is 1. The van der Waals surface area contributed by atoms with Crippen LogP contribution in [0.5, 0.6) is 0 Å². The van der Waals surface area contributed by atoms with Crippen LogP contribution in [0.4, 0.5) is 4.39 Å². The lowest BCUT2D eigenvalue weighted by molar-refractivity contribution is -0.121. The number of nitrogens with one attached hydrogen (secondary N) is 2. The average Bonchev–Trinajstić information content (AvgIpc) is 2.39. The van der Waals surface area contributed by atoms with Crippen LogP contribution < -0.4 is 10.6 Å².